The fraction of sp³-hybridized carbons (Fsp3) is 0.950. The first kappa shape index (κ1) is 13.9. The van der Waals surface area contributed by atoms with Crippen LogP contribution in [0.1, 0.15) is 79.9 Å². The Morgan fingerprint density at radius 1 is 1.14 bits per heavy atom. The highest BCUT2D eigenvalue weighted by atomic mass is 16.4. The molecule has 0 aromatic heterocycles. The first-order valence-electron chi connectivity index (χ1n) is 10.1. The van der Waals surface area contributed by atoms with Crippen LogP contribution < -0.4 is 0 Å². The third kappa shape index (κ3) is 1.70. The van der Waals surface area contributed by atoms with Crippen LogP contribution >= 0.6 is 0 Å². The van der Waals surface area contributed by atoms with E-state index >= 15 is 0 Å². The van der Waals surface area contributed by atoms with Crippen LogP contribution in [0, 0.1) is 39.9 Å². The van der Waals surface area contributed by atoms with Crippen molar-refractivity contribution in [3.8, 4) is 0 Å². The van der Waals surface area contributed by atoms with E-state index in [0.717, 1.165) is 37.5 Å². The molecule has 0 radical (unpaired) electrons. The molecule has 124 valence electrons. The monoisotopic (exact) mass is 305 g/mol. The van der Waals surface area contributed by atoms with Gasteiger partial charge in [-0.05, 0) is 92.8 Å². The zero-order valence-electron chi connectivity index (χ0n) is 15.2. The molecule has 4 rings (SSSR count). The maximum atomic E-state index is 12.1. The Morgan fingerprint density at radius 3 is 2.68 bits per heavy atom. The summed E-state index contributed by atoms with van der Waals surface area (Å²) in [4.78, 5) is 12.1. The predicted octanol–water partition coefficient (Wildman–Crippen LogP) is 5.12. The van der Waals surface area contributed by atoms with Crippen LogP contribution in [-0.2, 0) is 4.79 Å². The normalized spacial score (nSPS) is 57.6. The van der Waals surface area contributed by atoms with E-state index in [1.807, 2.05) is 6.92 Å². The summed E-state index contributed by atoms with van der Waals surface area (Å²) in [6.45, 7) is 4.87. The maximum Gasteiger partial charge on any atom is 0.309 e. The topological polar surface area (TPSA) is 37.3 Å². The van der Waals surface area contributed by atoms with Crippen LogP contribution in [0.3, 0.4) is 0 Å². The molecule has 4 aliphatic carbocycles. The molecule has 2 nitrogen and oxygen atoms in total. The molecule has 4 fully saturated rings. The molecule has 7 atom stereocenters. The Kier molecular flexibility index (Phi) is 2.84. The molecule has 0 saturated heterocycles. The van der Waals surface area contributed by atoms with Crippen LogP contribution in [0.4, 0.5) is 0 Å². The minimum absolute atomic E-state index is 0.0152. The van der Waals surface area contributed by atoms with Gasteiger partial charge in [0, 0.05) is 1.37 Å². The molecule has 0 amide bonds. The van der Waals surface area contributed by atoms with Gasteiger partial charge in [0.15, 0.2) is 0 Å². The minimum atomic E-state index is -0.607. The summed E-state index contributed by atoms with van der Waals surface area (Å²) in [5.74, 6) is 1.98. The van der Waals surface area contributed by atoms with Crippen molar-refractivity contribution in [2.75, 3.05) is 0 Å². The average molecular weight is 305 g/mol. The molecular formula is C20H32O2. The Labute approximate surface area is 136 Å². The summed E-state index contributed by atoms with van der Waals surface area (Å²) in [6, 6.07) is 0. The van der Waals surface area contributed by atoms with Crippen LogP contribution in [0.25, 0.3) is 0 Å². The quantitative estimate of drug-likeness (QED) is 0.730. The Bertz CT molecular complexity index is 516. The Hall–Kier alpha value is -0.530. The van der Waals surface area contributed by atoms with E-state index in [1.165, 1.54) is 32.1 Å². The van der Waals surface area contributed by atoms with Crippen LogP contribution in [0.2, 0.25) is 0 Å². The van der Waals surface area contributed by atoms with Gasteiger partial charge in [0.25, 0.3) is 0 Å². The number of rotatable bonds is 1. The van der Waals surface area contributed by atoms with Gasteiger partial charge < -0.3 is 5.11 Å². The lowest BCUT2D eigenvalue weighted by Crippen LogP contribution is -2.58. The molecule has 0 aliphatic heterocycles. The Morgan fingerprint density at radius 2 is 1.95 bits per heavy atom. The third-order valence-corrected chi connectivity index (χ3v) is 8.68. The molecule has 1 unspecified atom stereocenters. The molecule has 1 N–H and O–H groups in total. The SMILES string of the molecule is [2H]C[C@]12CCCC(C)(C(=O)O)[C@@H]1CC[C@]13C[C@@H](CC[C@@H]12)[C@H](C)C3. The second-order valence-corrected chi connectivity index (χ2v) is 9.54. The maximum absolute atomic E-state index is 12.1. The van der Waals surface area contributed by atoms with Crippen LogP contribution in [-0.4, -0.2) is 11.1 Å². The highest BCUT2D eigenvalue weighted by Gasteiger charge is 2.65. The summed E-state index contributed by atoms with van der Waals surface area (Å²) >= 11 is 0. The zero-order chi connectivity index (χ0) is 16.5. The second-order valence-electron chi connectivity index (χ2n) is 9.54. The lowest BCUT2D eigenvalue weighted by molar-refractivity contribution is -0.181. The number of fused-ring (bicyclic) bond motifs is 3. The van der Waals surface area contributed by atoms with E-state index in [0.29, 0.717) is 18.2 Å². The summed E-state index contributed by atoms with van der Waals surface area (Å²) in [7, 11) is 0. The van der Waals surface area contributed by atoms with Gasteiger partial charge in [0.1, 0.15) is 0 Å². The van der Waals surface area contributed by atoms with Gasteiger partial charge in [-0.25, -0.2) is 0 Å². The van der Waals surface area contributed by atoms with Gasteiger partial charge in [0.05, 0.1) is 5.41 Å². The molecule has 4 saturated carbocycles. The minimum Gasteiger partial charge on any atom is -0.481 e. The number of hydrogen-bond donors (Lipinski definition) is 1. The summed E-state index contributed by atoms with van der Waals surface area (Å²) < 4.78 is 8.49. The van der Waals surface area contributed by atoms with Gasteiger partial charge >= 0.3 is 5.97 Å². The predicted molar refractivity (Wildman–Crippen MR) is 87.5 cm³/mol. The number of hydrogen-bond acceptors (Lipinski definition) is 1. The van der Waals surface area contributed by atoms with Crippen molar-refractivity contribution >= 4 is 5.97 Å². The van der Waals surface area contributed by atoms with Crippen molar-refractivity contribution < 1.29 is 11.3 Å². The van der Waals surface area contributed by atoms with Gasteiger partial charge in [0.2, 0.25) is 0 Å². The van der Waals surface area contributed by atoms with E-state index < -0.39 is 11.4 Å². The number of carbonyl (C=O) groups is 1. The fourth-order valence-electron chi connectivity index (χ4n) is 7.73. The van der Waals surface area contributed by atoms with E-state index in [1.54, 1.807) is 0 Å². The van der Waals surface area contributed by atoms with Gasteiger partial charge in [-0.1, -0.05) is 20.2 Å². The van der Waals surface area contributed by atoms with E-state index in [-0.39, 0.29) is 11.3 Å². The van der Waals surface area contributed by atoms with E-state index in [9.17, 15) is 9.90 Å². The molecule has 0 aromatic rings. The van der Waals surface area contributed by atoms with Gasteiger partial charge in [-0.3, -0.25) is 4.79 Å². The first-order valence-corrected chi connectivity index (χ1v) is 9.41. The van der Waals surface area contributed by atoms with Crippen molar-refractivity contribution in [3.05, 3.63) is 0 Å². The first-order chi connectivity index (χ1) is 10.9. The van der Waals surface area contributed by atoms with Gasteiger partial charge in [-0.15, -0.1) is 0 Å². The molecular weight excluding hydrogens is 272 g/mol. The van der Waals surface area contributed by atoms with Crippen molar-refractivity contribution in [2.24, 2.45) is 39.9 Å². The van der Waals surface area contributed by atoms with E-state index in [4.69, 9.17) is 1.37 Å². The second kappa shape index (κ2) is 4.51. The third-order valence-electron chi connectivity index (χ3n) is 8.68. The zero-order valence-corrected chi connectivity index (χ0v) is 14.2. The lowest BCUT2D eigenvalue weighted by atomic mass is 9.41. The molecule has 4 aliphatic rings. The highest BCUT2D eigenvalue weighted by Crippen LogP contribution is 2.72. The summed E-state index contributed by atoms with van der Waals surface area (Å²) in [5.41, 5.74) is -0.155. The lowest BCUT2D eigenvalue weighted by Gasteiger charge is -2.63. The molecule has 0 heterocycles. The molecule has 22 heavy (non-hydrogen) atoms. The van der Waals surface area contributed by atoms with Gasteiger partial charge in [-0.2, -0.15) is 0 Å². The average Bonchev–Trinajstić information content (AvgIpc) is 2.76. The van der Waals surface area contributed by atoms with Crippen molar-refractivity contribution in [3.63, 3.8) is 0 Å². The molecule has 2 bridgehead atoms. The molecule has 1 spiro atoms. The summed E-state index contributed by atoms with van der Waals surface area (Å²) in [6.07, 6.45) is 10.5. The molecule has 0 aromatic carbocycles. The number of carboxylic acids is 1. The smallest absolute Gasteiger partial charge is 0.309 e. The fourth-order valence-corrected chi connectivity index (χ4v) is 7.73. The standard InChI is InChI=1S/C20H32O2/c1-13-11-20-10-7-15-18(2,16(20)6-5-14(13)12-20)8-4-9-19(15,3)17(21)22/h13-16H,4-12H2,1-3H3,(H,21,22)/t13-,14-,15-,16-,18+,19?,20+/m1/s1/i2D. The van der Waals surface area contributed by atoms with E-state index in [2.05, 4.69) is 6.92 Å². The molecule has 2 heteroatoms. The van der Waals surface area contributed by atoms with Crippen molar-refractivity contribution in [1.82, 2.24) is 0 Å². The van der Waals surface area contributed by atoms with Crippen molar-refractivity contribution in [1.29, 1.82) is 0 Å². The number of carboxylic acid groups (broad SMARTS) is 1. The summed E-state index contributed by atoms with van der Waals surface area (Å²) in [5, 5.41) is 9.95. The van der Waals surface area contributed by atoms with Crippen LogP contribution in [0.5, 0.6) is 0 Å². The largest absolute Gasteiger partial charge is 0.481 e. The highest BCUT2D eigenvalue weighted by molar-refractivity contribution is 5.75. The van der Waals surface area contributed by atoms with Crippen LogP contribution in [0.15, 0.2) is 0 Å². The number of aliphatic carboxylic acids is 1. The Balaban J connectivity index is 1.77. The van der Waals surface area contributed by atoms with Crippen molar-refractivity contribution in [2.45, 2.75) is 78.5 Å².